The second-order valence-corrected chi connectivity index (χ2v) is 23.2. The van der Waals surface area contributed by atoms with Gasteiger partial charge in [-0.25, -0.2) is 19.2 Å². The molecule has 4 bridgehead atoms. The lowest BCUT2D eigenvalue weighted by Gasteiger charge is -2.69. The molecule has 2 aliphatic heterocycles. The number of methoxy groups -OCH3 is 2. The molecular formula is C54H64O16. The van der Waals surface area contributed by atoms with E-state index in [9.17, 15) is 39.6 Å². The average Bonchev–Trinajstić information content (AvgIpc) is 4.05. The number of carbonyl (C=O) groups is 5. The van der Waals surface area contributed by atoms with Gasteiger partial charge in [0.1, 0.15) is 18.0 Å². The van der Waals surface area contributed by atoms with Crippen LogP contribution in [0.15, 0.2) is 91.6 Å². The molecule has 2 saturated carbocycles. The summed E-state index contributed by atoms with van der Waals surface area (Å²) in [4.78, 5) is 71.2. The van der Waals surface area contributed by atoms with Crippen molar-refractivity contribution < 1.29 is 76.9 Å². The van der Waals surface area contributed by atoms with Gasteiger partial charge in [-0.15, -0.1) is 0 Å². The van der Waals surface area contributed by atoms with Gasteiger partial charge in [-0.05, 0) is 90.7 Å². The number of hydrogen-bond acceptors (Lipinski definition) is 16. The Balaban J connectivity index is 1.17. The maximum Gasteiger partial charge on any atom is 0.335 e. The molecule has 6 aliphatic carbocycles. The number of allylic oxidation sites excluding steroid dienone is 3. The standard InChI is InChI=1S/C54H64O16/c1-48(2)39(37(57)46(61)64-9)53(8)31-12-16-51(6)33(22-36(56)69-45(51)26-14-18-67-24-26)28(31)20-34(43(48)60)54(53,63)70-38(47(62)65-10)40-49(3,4)41(58)29-19-27-30(52(40,7)42(29)59)11-15-50(5)32(27)21-35(55)68-44(50)25-13-17-66-23-25/h13-14,17-18,21-24,29,34,37-41,43-45,57-58,60,63H,11-12,15-16,19-20H2,1-10H3/t29-,34+,37+,38-,39-,40+,41-,43+,44-,45+,50+,51+,52-,53-,54-/m0/s1. The average molecular weight is 969 g/mol. The van der Waals surface area contributed by atoms with E-state index in [0.29, 0.717) is 63.8 Å². The summed E-state index contributed by atoms with van der Waals surface area (Å²) in [5.41, 5.74) is -2.60. The van der Waals surface area contributed by atoms with Crippen LogP contribution in [0.5, 0.6) is 0 Å². The fourth-order valence-corrected chi connectivity index (χ4v) is 16.0. The third-order valence-electron chi connectivity index (χ3n) is 19.4. The first-order chi connectivity index (χ1) is 32.8. The molecule has 2 aromatic heterocycles. The van der Waals surface area contributed by atoms with Gasteiger partial charge in [0, 0.05) is 63.2 Å². The molecule has 70 heavy (non-hydrogen) atoms. The summed E-state index contributed by atoms with van der Waals surface area (Å²) >= 11 is 0. The van der Waals surface area contributed by atoms with Gasteiger partial charge < -0.3 is 52.9 Å². The molecular weight excluding hydrogens is 905 g/mol. The normalized spacial score (nSPS) is 41.0. The zero-order valence-corrected chi connectivity index (χ0v) is 41.3. The molecule has 0 amide bonds. The van der Waals surface area contributed by atoms with E-state index in [1.807, 2.05) is 13.8 Å². The summed E-state index contributed by atoms with van der Waals surface area (Å²) in [5, 5.41) is 51.9. The largest absolute Gasteiger partial charge is 0.472 e. The van der Waals surface area contributed by atoms with Crippen molar-refractivity contribution in [1.29, 1.82) is 0 Å². The minimum Gasteiger partial charge on any atom is -0.472 e. The number of furan rings is 2. The van der Waals surface area contributed by atoms with Crippen molar-refractivity contribution in [2.75, 3.05) is 14.2 Å². The lowest BCUT2D eigenvalue weighted by Crippen LogP contribution is -2.76. The predicted molar refractivity (Wildman–Crippen MR) is 244 cm³/mol. The third-order valence-corrected chi connectivity index (χ3v) is 19.4. The van der Waals surface area contributed by atoms with Gasteiger partial charge >= 0.3 is 23.9 Å². The molecule has 16 heteroatoms. The minimum atomic E-state index is -2.63. The fourth-order valence-electron chi connectivity index (χ4n) is 16.0. The molecule has 376 valence electrons. The molecule has 16 nitrogen and oxygen atoms in total. The summed E-state index contributed by atoms with van der Waals surface area (Å²) in [6.07, 6.45) is 2.10. The SMILES string of the molecule is COC(=O)[C@@H](O[C@@]1(O)[C@@H]2CC3=C(CC[C@]4(C)C3=CC(=O)O[C@@H]4c3ccoc3)[C@@]1(C)[C@@H]([C@@H](O)C(=O)OC)C(C)(C)[C@@H]2O)[C@@H]1C(C)(C)[C@@H](O)[C@@H]2CC3=C(CC[C@]4(C)C3=CC(=O)O[C@H]4c3ccoc3)[C@]1(C)C2=O. The van der Waals surface area contributed by atoms with Gasteiger partial charge in [0.15, 0.2) is 18.0 Å². The van der Waals surface area contributed by atoms with Gasteiger partial charge in [0.2, 0.25) is 0 Å². The topological polar surface area (TPSA) is 239 Å². The number of ketones is 1. The lowest BCUT2D eigenvalue weighted by atomic mass is 9.40. The Bertz CT molecular complexity index is 2700. The van der Waals surface area contributed by atoms with Crippen LogP contribution in [0.25, 0.3) is 0 Å². The van der Waals surface area contributed by atoms with E-state index in [0.717, 1.165) is 14.2 Å². The van der Waals surface area contributed by atoms with Crippen molar-refractivity contribution in [3.63, 3.8) is 0 Å². The number of Topliss-reactive ketones (excluding diaryl/α,β-unsaturated/α-hetero) is 1. The summed E-state index contributed by atoms with van der Waals surface area (Å²) in [6, 6.07) is 3.48. The number of aliphatic hydroxyl groups is 4. The van der Waals surface area contributed by atoms with Crippen LogP contribution in [0.2, 0.25) is 0 Å². The maximum absolute atomic E-state index is 15.4. The second-order valence-electron chi connectivity index (χ2n) is 23.2. The zero-order chi connectivity index (χ0) is 50.6. The molecule has 0 unspecified atom stereocenters. The van der Waals surface area contributed by atoms with Crippen LogP contribution in [-0.4, -0.2) is 94.5 Å². The van der Waals surface area contributed by atoms with Crippen LogP contribution in [0.1, 0.15) is 117 Å². The highest BCUT2D eigenvalue weighted by molar-refractivity contribution is 5.96. The molecule has 10 rings (SSSR count). The van der Waals surface area contributed by atoms with Crippen LogP contribution in [0, 0.1) is 56.2 Å². The number of aliphatic hydroxyl groups excluding tert-OH is 3. The molecule has 8 aliphatic rings. The highest BCUT2D eigenvalue weighted by atomic mass is 16.7. The predicted octanol–water partition coefficient (Wildman–Crippen LogP) is 6.25. The molecule has 0 spiro atoms. The van der Waals surface area contributed by atoms with Crippen molar-refractivity contribution >= 4 is 29.7 Å². The molecule has 4 heterocycles. The Kier molecular flexibility index (Phi) is 10.9. The van der Waals surface area contributed by atoms with Crippen molar-refractivity contribution in [2.45, 2.75) is 136 Å². The monoisotopic (exact) mass is 968 g/mol. The molecule has 15 atom stereocenters. The molecule has 0 radical (unpaired) electrons. The Labute approximate surface area is 406 Å². The highest BCUT2D eigenvalue weighted by Gasteiger charge is 2.77. The number of cyclic esters (lactones) is 2. The van der Waals surface area contributed by atoms with Crippen LogP contribution in [-0.2, 0) is 47.7 Å². The first-order valence-electron chi connectivity index (χ1n) is 24.3. The maximum atomic E-state index is 15.4. The van der Waals surface area contributed by atoms with Crippen molar-refractivity contribution in [3.8, 4) is 0 Å². The van der Waals surface area contributed by atoms with E-state index < -0.39 is 122 Å². The number of esters is 4. The van der Waals surface area contributed by atoms with E-state index in [2.05, 4.69) is 0 Å². The smallest absolute Gasteiger partial charge is 0.335 e. The first-order valence-corrected chi connectivity index (χ1v) is 24.3. The Morgan fingerprint density at radius 2 is 1.20 bits per heavy atom. The van der Waals surface area contributed by atoms with Gasteiger partial charge in [0.25, 0.3) is 0 Å². The summed E-state index contributed by atoms with van der Waals surface area (Å²) in [5.74, 6) is -11.1. The van der Waals surface area contributed by atoms with Crippen LogP contribution in [0.4, 0.5) is 0 Å². The lowest BCUT2D eigenvalue weighted by molar-refractivity contribution is -0.384. The number of hydrogen-bond donors (Lipinski definition) is 4. The third kappa shape index (κ3) is 6.09. The summed E-state index contributed by atoms with van der Waals surface area (Å²) in [6.45, 7) is 14.3. The van der Waals surface area contributed by atoms with Crippen LogP contribution in [0.3, 0.4) is 0 Å². The minimum absolute atomic E-state index is 0.0846. The van der Waals surface area contributed by atoms with Crippen molar-refractivity contribution in [3.05, 3.63) is 93.9 Å². The summed E-state index contributed by atoms with van der Waals surface area (Å²) in [7, 11) is 2.28. The second kappa shape index (κ2) is 15.7. The van der Waals surface area contributed by atoms with E-state index >= 15 is 4.79 Å². The molecule has 2 aromatic rings. The van der Waals surface area contributed by atoms with Gasteiger partial charge in [-0.2, -0.15) is 0 Å². The first kappa shape index (κ1) is 48.5. The molecule has 2 fully saturated rings. The number of rotatable bonds is 8. The quantitative estimate of drug-likeness (QED) is 0.130. The van der Waals surface area contributed by atoms with Crippen LogP contribution >= 0.6 is 0 Å². The van der Waals surface area contributed by atoms with Crippen molar-refractivity contribution in [1.82, 2.24) is 0 Å². The fraction of sp³-hybridized carbons (Fsp3) is 0.611. The molecule has 0 saturated heterocycles. The van der Waals surface area contributed by atoms with Gasteiger partial charge in [-0.3, -0.25) is 4.79 Å². The van der Waals surface area contributed by atoms with Gasteiger partial charge in [-0.1, -0.05) is 59.6 Å². The Morgan fingerprint density at radius 3 is 1.70 bits per heavy atom. The van der Waals surface area contributed by atoms with Crippen molar-refractivity contribution in [2.24, 2.45) is 56.2 Å². The number of carbonyl (C=O) groups excluding carboxylic acids is 5. The molecule has 0 aromatic carbocycles. The van der Waals surface area contributed by atoms with Crippen LogP contribution < -0.4 is 0 Å². The molecule has 4 N–H and O–H groups in total. The Morgan fingerprint density at radius 1 is 0.700 bits per heavy atom. The number of fused-ring (bicyclic) bond motifs is 10. The Hall–Kier alpha value is -5.13. The zero-order valence-electron chi connectivity index (χ0n) is 41.3. The van der Waals surface area contributed by atoms with E-state index in [1.165, 1.54) is 30.9 Å². The van der Waals surface area contributed by atoms with E-state index in [1.54, 1.807) is 59.9 Å². The number of ether oxygens (including phenoxy) is 5. The van der Waals surface area contributed by atoms with E-state index in [-0.39, 0.29) is 25.0 Å². The highest BCUT2D eigenvalue weighted by Crippen LogP contribution is 2.73. The summed E-state index contributed by atoms with van der Waals surface area (Å²) < 4.78 is 40.7. The van der Waals surface area contributed by atoms with E-state index in [4.69, 9.17) is 32.5 Å². The van der Waals surface area contributed by atoms with Gasteiger partial charge in [0.05, 0.1) is 56.9 Å².